The van der Waals surface area contributed by atoms with Crippen molar-refractivity contribution in [1.82, 2.24) is 4.90 Å². The quantitative estimate of drug-likeness (QED) is 0.863. The fourth-order valence-electron chi connectivity index (χ4n) is 1.50. The summed E-state index contributed by atoms with van der Waals surface area (Å²) in [5.41, 5.74) is 1.08. The van der Waals surface area contributed by atoms with Crippen LogP contribution in [0.2, 0.25) is 5.02 Å². The average Bonchev–Trinajstić information content (AvgIpc) is 2.45. The third-order valence-electron chi connectivity index (χ3n) is 2.58. The molecule has 104 valence electrons. The topological polar surface area (TPSA) is 64.3 Å². The van der Waals surface area contributed by atoms with Crippen molar-refractivity contribution in [1.29, 1.82) is 5.26 Å². The molecular weight excluding hydrogens is 276 g/mol. The first-order valence-corrected chi connectivity index (χ1v) is 6.49. The Morgan fingerprint density at radius 2 is 2.20 bits per heavy atom. The summed E-state index contributed by atoms with van der Waals surface area (Å²) in [6.45, 7) is 0.385. The van der Waals surface area contributed by atoms with Crippen molar-refractivity contribution >= 4 is 17.5 Å². The fourth-order valence-corrected chi connectivity index (χ4v) is 1.73. The van der Waals surface area contributed by atoms with Gasteiger partial charge in [-0.25, -0.2) is 0 Å². The van der Waals surface area contributed by atoms with E-state index in [0.717, 1.165) is 0 Å². The van der Waals surface area contributed by atoms with Crippen molar-refractivity contribution in [2.75, 3.05) is 20.2 Å². The largest absolute Gasteiger partial charge is 0.395 e. The molecule has 0 unspecified atom stereocenters. The van der Waals surface area contributed by atoms with Crippen LogP contribution in [0.1, 0.15) is 28.8 Å². The number of benzene rings is 1. The van der Waals surface area contributed by atoms with E-state index in [1.807, 2.05) is 6.07 Å². The van der Waals surface area contributed by atoms with Crippen molar-refractivity contribution in [3.63, 3.8) is 0 Å². The molecule has 0 bridgehead atoms. The van der Waals surface area contributed by atoms with Crippen LogP contribution in [0.3, 0.4) is 0 Å². The summed E-state index contributed by atoms with van der Waals surface area (Å²) < 4.78 is 0. The van der Waals surface area contributed by atoms with Gasteiger partial charge in [-0.15, -0.1) is 0 Å². The van der Waals surface area contributed by atoms with Crippen molar-refractivity contribution in [3.05, 3.63) is 34.3 Å². The SMILES string of the molecule is CN(CCC#N)C(=O)c1ccc(C#CCCO)c(Cl)c1. The molecule has 5 heteroatoms. The second-order valence-corrected chi connectivity index (χ2v) is 4.51. The Kier molecular flexibility index (Phi) is 6.59. The van der Waals surface area contributed by atoms with E-state index in [9.17, 15) is 4.79 Å². The Labute approximate surface area is 123 Å². The maximum atomic E-state index is 12.1. The van der Waals surface area contributed by atoms with E-state index < -0.39 is 0 Å². The summed E-state index contributed by atoms with van der Waals surface area (Å²) in [6, 6.07) is 6.89. The van der Waals surface area contributed by atoms with Crippen molar-refractivity contribution in [2.45, 2.75) is 12.8 Å². The normalized spacial score (nSPS) is 9.30. The molecule has 0 fully saturated rings. The minimum atomic E-state index is -0.183. The maximum Gasteiger partial charge on any atom is 0.253 e. The van der Waals surface area contributed by atoms with Gasteiger partial charge in [0, 0.05) is 31.1 Å². The molecule has 1 rings (SSSR count). The highest BCUT2D eigenvalue weighted by atomic mass is 35.5. The molecule has 0 radical (unpaired) electrons. The van der Waals surface area contributed by atoms with E-state index in [4.69, 9.17) is 22.0 Å². The number of carbonyl (C=O) groups is 1. The molecule has 1 aromatic rings. The summed E-state index contributed by atoms with van der Waals surface area (Å²) in [5, 5.41) is 17.6. The zero-order valence-corrected chi connectivity index (χ0v) is 11.9. The summed E-state index contributed by atoms with van der Waals surface area (Å²) in [7, 11) is 1.64. The molecule has 20 heavy (non-hydrogen) atoms. The van der Waals surface area contributed by atoms with Crippen LogP contribution in [0, 0.1) is 23.2 Å². The van der Waals surface area contributed by atoms with Gasteiger partial charge in [-0.05, 0) is 18.2 Å². The molecule has 0 aliphatic carbocycles. The third-order valence-corrected chi connectivity index (χ3v) is 2.89. The molecular formula is C15H15ClN2O2. The summed E-state index contributed by atoms with van der Waals surface area (Å²) >= 11 is 6.07. The lowest BCUT2D eigenvalue weighted by Gasteiger charge is -2.15. The van der Waals surface area contributed by atoms with Gasteiger partial charge in [0.15, 0.2) is 0 Å². The lowest BCUT2D eigenvalue weighted by atomic mass is 10.1. The molecule has 0 saturated carbocycles. The van der Waals surface area contributed by atoms with Gasteiger partial charge in [0.1, 0.15) is 0 Å². The maximum absolute atomic E-state index is 12.1. The van der Waals surface area contributed by atoms with Crippen LogP contribution in [0.4, 0.5) is 0 Å². The van der Waals surface area contributed by atoms with Crippen LogP contribution in [-0.4, -0.2) is 36.1 Å². The number of rotatable bonds is 4. The first-order chi connectivity index (χ1) is 9.60. The molecule has 0 aliphatic rings. The molecule has 0 aliphatic heterocycles. The minimum absolute atomic E-state index is 0.00484. The minimum Gasteiger partial charge on any atom is -0.395 e. The summed E-state index contributed by atoms with van der Waals surface area (Å²) in [6.07, 6.45) is 0.675. The lowest BCUT2D eigenvalue weighted by molar-refractivity contribution is 0.0798. The number of hydrogen-bond acceptors (Lipinski definition) is 3. The Morgan fingerprint density at radius 3 is 2.80 bits per heavy atom. The highest BCUT2D eigenvalue weighted by Crippen LogP contribution is 2.18. The van der Waals surface area contributed by atoms with E-state index >= 15 is 0 Å². The zero-order valence-electron chi connectivity index (χ0n) is 11.2. The Hall–Kier alpha value is -2.01. The van der Waals surface area contributed by atoms with Crippen LogP contribution in [0.25, 0.3) is 0 Å². The monoisotopic (exact) mass is 290 g/mol. The number of aliphatic hydroxyl groups is 1. The predicted molar refractivity (Wildman–Crippen MR) is 77.2 cm³/mol. The van der Waals surface area contributed by atoms with Crippen LogP contribution < -0.4 is 0 Å². The molecule has 0 aromatic heterocycles. The molecule has 0 atom stereocenters. The number of nitriles is 1. The van der Waals surface area contributed by atoms with Crippen LogP contribution >= 0.6 is 11.6 Å². The van der Waals surface area contributed by atoms with Gasteiger partial charge in [-0.3, -0.25) is 4.79 Å². The molecule has 0 saturated heterocycles. The Bertz CT molecular complexity index is 582. The summed E-state index contributed by atoms with van der Waals surface area (Å²) in [5.74, 6) is 5.43. The zero-order chi connectivity index (χ0) is 15.0. The van der Waals surface area contributed by atoms with Gasteiger partial charge in [0.2, 0.25) is 0 Å². The predicted octanol–water partition coefficient (Wildman–Crippen LogP) is 2.06. The highest BCUT2D eigenvalue weighted by molar-refractivity contribution is 6.32. The summed E-state index contributed by atoms with van der Waals surface area (Å²) in [4.78, 5) is 13.5. The van der Waals surface area contributed by atoms with E-state index in [2.05, 4.69) is 11.8 Å². The molecule has 0 heterocycles. The molecule has 0 spiro atoms. The number of carbonyl (C=O) groups excluding carboxylic acids is 1. The number of halogens is 1. The molecule has 1 N–H and O–H groups in total. The first kappa shape index (κ1) is 16.0. The van der Waals surface area contributed by atoms with Crippen molar-refractivity contribution in [2.24, 2.45) is 0 Å². The van der Waals surface area contributed by atoms with Gasteiger partial charge in [-0.1, -0.05) is 23.4 Å². The number of aliphatic hydroxyl groups excluding tert-OH is 1. The molecule has 4 nitrogen and oxygen atoms in total. The van der Waals surface area contributed by atoms with Crippen LogP contribution in [-0.2, 0) is 0 Å². The standard InChI is InChI=1S/C15H15ClN2O2/c1-18(9-4-8-17)15(20)13-7-6-12(14(16)11-13)5-2-3-10-19/h6-7,11,19H,3-4,9-10H2,1H3. The van der Waals surface area contributed by atoms with Crippen molar-refractivity contribution < 1.29 is 9.90 Å². The van der Waals surface area contributed by atoms with Crippen LogP contribution in [0.5, 0.6) is 0 Å². The molecule has 1 aromatic carbocycles. The first-order valence-electron chi connectivity index (χ1n) is 6.12. The second-order valence-electron chi connectivity index (χ2n) is 4.10. The molecule has 1 amide bonds. The van der Waals surface area contributed by atoms with Gasteiger partial charge in [0.05, 0.1) is 24.1 Å². The lowest BCUT2D eigenvalue weighted by Crippen LogP contribution is -2.27. The van der Waals surface area contributed by atoms with E-state index in [-0.39, 0.29) is 12.5 Å². The van der Waals surface area contributed by atoms with E-state index in [1.165, 1.54) is 4.90 Å². The van der Waals surface area contributed by atoms with Crippen molar-refractivity contribution in [3.8, 4) is 17.9 Å². The van der Waals surface area contributed by atoms with Gasteiger partial charge in [0.25, 0.3) is 5.91 Å². The second kappa shape index (κ2) is 8.22. The van der Waals surface area contributed by atoms with E-state index in [0.29, 0.717) is 35.5 Å². The van der Waals surface area contributed by atoms with Gasteiger partial charge < -0.3 is 10.0 Å². The van der Waals surface area contributed by atoms with Crippen LogP contribution in [0.15, 0.2) is 18.2 Å². The van der Waals surface area contributed by atoms with E-state index in [1.54, 1.807) is 25.2 Å². The number of nitrogens with zero attached hydrogens (tertiary/aromatic N) is 2. The van der Waals surface area contributed by atoms with Gasteiger partial charge in [-0.2, -0.15) is 5.26 Å². The number of hydrogen-bond donors (Lipinski definition) is 1. The smallest absolute Gasteiger partial charge is 0.253 e. The number of amides is 1. The Balaban J connectivity index is 2.85. The fraction of sp³-hybridized carbons (Fsp3) is 0.333. The van der Waals surface area contributed by atoms with Gasteiger partial charge >= 0.3 is 0 Å². The third kappa shape index (κ3) is 4.59. The Morgan fingerprint density at radius 1 is 1.45 bits per heavy atom. The highest BCUT2D eigenvalue weighted by Gasteiger charge is 2.12. The average molecular weight is 291 g/mol.